The number of nitrogens with zero attached hydrogens (tertiary/aromatic N) is 3. The van der Waals surface area contributed by atoms with E-state index in [1.54, 1.807) is 0 Å². The van der Waals surface area contributed by atoms with Gasteiger partial charge in [0.2, 0.25) is 0 Å². The SMILES string of the molecule is O=C1NCCc2c1nc(C1CC1)nc2N1C[C@@H]2CCC[C@@H]21. The third-order valence-electron chi connectivity index (χ3n) is 5.54. The quantitative estimate of drug-likeness (QED) is 0.897. The molecule has 1 saturated heterocycles. The van der Waals surface area contributed by atoms with Gasteiger partial charge in [0.25, 0.3) is 5.91 Å². The second-order valence-electron chi connectivity index (χ2n) is 6.92. The molecule has 1 amide bonds. The van der Waals surface area contributed by atoms with Crippen LogP contribution >= 0.6 is 0 Å². The molecule has 0 aromatic carbocycles. The highest BCUT2D eigenvalue weighted by Gasteiger charge is 2.44. The Labute approximate surface area is 124 Å². The maximum Gasteiger partial charge on any atom is 0.270 e. The smallest absolute Gasteiger partial charge is 0.270 e. The third-order valence-corrected chi connectivity index (χ3v) is 5.54. The van der Waals surface area contributed by atoms with E-state index in [-0.39, 0.29) is 5.91 Å². The summed E-state index contributed by atoms with van der Waals surface area (Å²) >= 11 is 0. The number of rotatable bonds is 2. The Balaban J connectivity index is 1.60. The Morgan fingerprint density at radius 2 is 2.05 bits per heavy atom. The molecule has 0 radical (unpaired) electrons. The highest BCUT2D eigenvalue weighted by molar-refractivity contribution is 5.96. The van der Waals surface area contributed by atoms with Crippen LogP contribution in [-0.2, 0) is 6.42 Å². The fourth-order valence-electron chi connectivity index (χ4n) is 4.19. The van der Waals surface area contributed by atoms with E-state index in [0.29, 0.717) is 24.2 Å². The molecule has 2 saturated carbocycles. The van der Waals surface area contributed by atoms with Gasteiger partial charge in [0.15, 0.2) is 0 Å². The first-order valence-electron chi connectivity index (χ1n) is 8.27. The van der Waals surface area contributed by atoms with Crippen LogP contribution in [0.4, 0.5) is 5.82 Å². The molecule has 0 unspecified atom stereocenters. The van der Waals surface area contributed by atoms with Crippen LogP contribution < -0.4 is 10.2 Å². The van der Waals surface area contributed by atoms with Crippen molar-refractivity contribution in [2.45, 2.75) is 50.5 Å². The van der Waals surface area contributed by atoms with Crippen LogP contribution in [0.25, 0.3) is 0 Å². The first-order valence-corrected chi connectivity index (χ1v) is 8.27. The van der Waals surface area contributed by atoms with E-state index in [0.717, 1.165) is 36.1 Å². The number of nitrogens with one attached hydrogen (secondary N) is 1. The van der Waals surface area contributed by atoms with Crippen LogP contribution in [0.5, 0.6) is 0 Å². The Morgan fingerprint density at radius 3 is 2.86 bits per heavy atom. The monoisotopic (exact) mass is 284 g/mol. The molecular weight excluding hydrogens is 264 g/mol. The van der Waals surface area contributed by atoms with Gasteiger partial charge in [-0.25, -0.2) is 9.97 Å². The number of amides is 1. The molecule has 3 heterocycles. The first-order chi connectivity index (χ1) is 10.3. The Morgan fingerprint density at radius 1 is 1.14 bits per heavy atom. The van der Waals surface area contributed by atoms with Gasteiger partial charge in [-0.3, -0.25) is 4.79 Å². The highest BCUT2D eigenvalue weighted by Crippen LogP contribution is 2.44. The fraction of sp³-hybridized carbons (Fsp3) is 0.688. The molecule has 1 aromatic heterocycles. The summed E-state index contributed by atoms with van der Waals surface area (Å²) in [6.45, 7) is 1.84. The van der Waals surface area contributed by atoms with E-state index < -0.39 is 0 Å². The predicted octanol–water partition coefficient (Wildman–Crippen LogP) is 1.63. The van der Waals surface area contributed by atoms with Gasteiger partial charge in [0.05, 0.1) is 0 Å². The maximum absolute atomic E-state index is 12.2. The summed E-state index contributed by atoms with van der Waals surface area (Å²) in [5.74, 6) is 3.33. The highest BCUT2D eigenvalue weighted by atomic mass is 16.1. The van der Waals surface area contributed by atoms with Crippen LogP contribution in [0, 0.1) is 5.92 Å². The summed E-state index contributed by atoms with van der Waals surface area (Å²) in [5.41, 5.74) is 1.74. The number of fused-ring (bicyclic) bond motifs is 2. The topological polar surface area (TPSA) is 58.1 Å². The van der Waals surface area contributed by atoms with E-state index >= 15 is 0 Å². The second-order valence-corrected chi connectivity index (χ2v) is 6.92. The molecule has 2 aliphatic heterocycles. The van der Waals surface area contributed by atoms with Crippen LogP contribution in [0.3, 0.4) is 0 Å². The van der Waals surface area contributed by atoms with E-state index in [1.807, 2.05) is 0 Å². The van der Waals surface area contributed by atoms with Crippen molar-refractivity contribution in [1.29, 1.82) is 0 Å². The lowest BCUT2D eigenvalue weighted by Crippen LogP contribution is -2.54. The molecule has 0 bridgehead atoms. The Kier molecular flexibility index (Phi) is 2.38. The molecule has 5 heteroatoms. The van der Waals surface area contributed by atoms with Crippen molar-refractivity contribution >= 4 is 11.7 Å². The lowest BCUT2D eigenvalue weighted by molar-refractivity contribution is 0.0939. The molecule has 5 rings (SSSR count). The molecule has 110 valence electrons. The van der Waals surface area contributed by atoms with Gasteiger partial charge in [-0.1, -0.05) is 6.42 Å². The molecule has 21 heavy (non-hydrogen) atoms. The normalized spacial score (nSPS) is 30.5. The maximum atomic E-state index is 12.2. The van der Waals surface area contributed by atoms with Gasteiger partial charge in [-0.15, -0.1) is 0 Å². The molecule has 1 N–H and O–H groups in total. The van der Waals surface area contributed by atoms with Crippen LogP contribution in [0.1, 0.15) is 59.9 Å². The van der Waals surface area contributed by atoms with Crippen molar-refractivity contribution in [2.24, 2.45) is 5.92 Å². The molecule has 2 atom stereocenters. The van der Waals surface area contributed by atoms with Crippen molar-refractivity contribution in [1.82, 2.24) is 15.3 Å². The minimum Gasteiger partial charge on any atom is -0.353 e. The molecule has 0 spiro atoms. The standard InChI is InChI=1S/C16H20N4O/c21-16-13-11(6-7-17-16)15(19-14(18-13)9-4-5-9)20-8-10-2-1-3-12(10)20/h9-10,12H,1-8H2,(H,17,21)/t10-,12-/m0/s1. The number of carbonyl (C=O) groups excluding carboxylic acids is 1. The van der Waals surface area contributed by atoms with Crippen LogP contribution in [0.15, 0.2) is 0 Å². The summed E-state index contributed by atoms with van der Waals surface area (Å²) in [6, 6.07) is 0.668. The molecular formula is C16H20N4O. The number of aromatic nitrogens is 2. The van der Waals surface area contributed by atoms with Crippen LogP contribution in [0.2, 0.25) is 0 Å². The number of carbonyl (C=O) groups is 1. The average Bonchev–Trinajstić information content (AvgIpc) is 3.25. The van der Waals surface area contributed by atoms with E-state index in [2.05, 4.69) is 15.2 Å². The third kappa shape index (κ3) is 1.72. The van der Waals surface area contributed by atoms with Crippen molar-refractivity contribution in [3.8, 4) is 0 Å². The summed E-state index contributed by atoms with van der Waals surface area (Å²) < 4.78 is 0. The van der Waals surface area contributed by atoms with Crippen LogP contribution in [-0.4, -0.2) is 35.0 Å². The largest absolute Gasteiger partial charge is 0.353 e. The minimum absolute atomic E-state index is 0.00899. The summed E-state index contributed by atoms with van der Waals surface area (Å²) in [6.07, 6.45) is 7.21. The molecule has 4 aliphatic rings. The van der Waals surface area contributed by atoms with E-state index in [1.165, 1.54) is 32.1 Å². The fourth-order valence-corrected chi connectivity index (χ4v) is 4.19. The van der Waals surface area contributed by atoms with E-state index in [9.17, 15) is 4.79 Å². The van der Waals surface area contributed by atoms with Gasteiger partial charge in [-0.05, 0) is 38.0 Å². The second kappa shape index (κ2) is 4.18. The van der Waals surface area contributed by atoms with E-state index in [4.69, 9.17) is 4.98 Å². The Bertz CT molecular complexity index is 625. The van der Waals surface area contributed by atoms with Crippen molar-refractivity contribution < 1.29 is 4.79 Å². The molecule has 2 aliphatic carbocycles. The molecule has 1 aromatic rings. The zero-order valence-corrected chi connectivity index (χ0v) is 12.1. The van der Waals surface area contributed by atoms with Gasteiger partial charge in [0, 0.05) is 30.6 Å². The predicted molar refractivity (Wildman–Crippen MR) is 78.5 cm³/mol. The Hall–Kier alpha value is -1.65. The van der Waals surface area contributed by atoms with Crippen molar-refractivity contribution in [3.63, 3.8) is 0 Å². The van der Waals surface area contributed by atoms with Gasteiger partial charge in [-0.2, -0.15) is 0 Å². The van der Waals surface area contributed by atoms with Gasteiger partial charge < -0.3 is 10.2 Å². The van der Waals surface area contributed by atoms with Gasteiger partial charge in [0.1, 0.15) is 17.3 Å². The lowest BCUT2D eigenvalue weighted by Gasteiger charge is -2.46. The van der Waals surface area contributed by atoms with Crippen molar-refractivity contribution in [3.05, 3.63) is 17.1 Å². The number of anilines is 1. The summed E-state index contributed by atoms with van der Waals surface area (Å²) in [7, 11) is 0. The zero-order chi connectivity index (χ0) is 14.0. The lowest BCUT2D eigenvalue weighted by atomic mass is 9.90. The molecule has 5 nitrogen and oxygen atoms in total. The number of hydrogen-bond acceptors (Lipinski definition) is 4. The van der Waals surface area contributed by atoms with Crippen molar-refractivity contribution in [2.75, 3.05) is 18.0 Å². The van der Waals surface area contributed by atoms with Gasteiger partial charge >= 0.3 is 0 Å². The average molecular weight is 284 g/mol. The minimum atomic E-state index is -0.00899. The number of hydrogen-bond donors (Lipinski definition) is 1. The summed E-state index contributed by atoms with van der Waals surface area (Å²) in [5, 5.41) is 2.93. The zero-order valence-electron chi connectivity index (χ0n) is 12.1. The molecule has 3 fully saturated rings. The summed E-state index contributed by atoms with van der Waals surface area (Å²) in [4.78, 5) is 24.1. The first kappa shape index (κ1) is 12.0.